The van der Waals surface area contributed by atoms with Crippen LogP contribution in [0, 0.1) is 0 Å². The van der Waals surface area contributed by atoms with E-state index in [0.717, 1.165) is 10.5 Å². The van der Waals surface area contributed by atoms with E-state index in [4.69, 9.17) is 4.12 Å². The van der Waals surface area contributed by atoms with Gasteiger partial charge in [-0.3, -0.25) is 0 Å². The summed E-state index contributed by atoms with van der Waals surface area (Å²) in [7, 11) is -0.835. The highest BCUT2D eigenvalue weighted by Gasteiger charge is 2.18. The van der Waals surface area contributed by atoms with Gasteiger partial charge in [0.05, 0.1) is 0 Å². The SMILES string of the molecule is [SiH3]O[SiH](c1ccccc1)c1cccc2c1ccc1ccccc12. The molecule has 0 heterocycles. The first-order valence-electron chi connectivity index (χ1n) is 7.86. The topological polar surface area (TPSA) is 9.23 Å². The van der Waals surface area contributed by atoms with Crippen molar-refractivity contribution in [2.45, 2.75) is 0 Å². The highest BCUT2D eigenvalue weighted by molar-refractivity contribution is 6.83. The van der Waals surface area contributed by atoms with Gasteiger partial charge in [-0.05, 0) is 31.9 Å². The van der Waals surface area contributed by atoms with E-state index in [1.54, 1.807) is 0 Å². The Kier molecular flexibility index (Phi) is 3.83. The van der Waals surface area contributed by atoms with Gasteiger partial charge in [-0.2, -0.15) is 0 Å². The number of hydrogen-bond acceptors (Lipinski definition) is 1. The first kappa shape index (κ1) is 14.4. The lowest BCUT2D eigenvalue weighted by atomic mass is 10.0. The second kappa shape index (κ2) is 6.12. The fourth-order valence-electron chi connectivity index (χ4n) is 3.36. The summed E-state index contributed by atoms with van der Waals surface area (Å²) in [5.41, 5.74) is 0. The van der Waals surface area contributed by atoms with Crippen LogP contribution < -0.4 is 10.4 Å². The van der Waals surface area contributed by atoms with E-state index in [1.807, 2.05) is 0 Å². The van der Waals surface area contributed by atoms with Crippen molar-refractivity contribution in [1.29, 1.82) is 0 Å². The van der Waals surface area contributed by atoms with Crippen molar-refractivity contribution in [1.82, 2.24) is 0 Å². The average Bonchev–Trinajstić information content (AvgIpc) is 2.63. The minimum absolute atomic E-state index is 0.763. The third kappa shape index (κ3) is 2.53. The largest absolute Gasteiger partial charge is 0.459 e. The number of fused-ring (bicyclic) bond motifs is 3. The molecule has 0 radical (unpaired) electrons. The van der Waals surface area contributed by atoms with Gasteiger partial charge < -0.3 is 4.12 Å². The van der Waals surface area contributed by atoms with E-state index in [1.165, 1.54) is 31.9 Å². The summed E-state index contributed by atoms with van der Waals surface area (Å²) in [6, 6.07) is 30.4. The Balaban J connectivity index is 1.98. The number of benzene rings is 4. The summed E-state index contributed by atoms with van der Waals surface area (Å²) in [4.78, 5) is 0. The summed E-state index contributed by atoms with van der Waals surface area (Å²) >= 11 is 0. The van der Waals surface area contributed by atoms with Crippen molar-refractivity contribution < 1.29 is 4.12 Å². The molecule has 23 heavy (non-hydrogen) atoms. The molecule has 1 unspecified atom stereocenters. The predicted octanol–water partition coefficient (Wildman–Crippen LogP) is 2.13. The fourth-order valence-corrected chi connectivity index (χ4v) is 7.22. The zero-order valence-corrected chi connectivity index (χ0v) is 16.2. The quantitative estimate of drug-likeness (QED) is 0.413. The molecule has 0 N–H and O–H groups in total. The van der Waals surface area contributed by atoms with Crippen molar-refractivity contribution in [3.05, 3.63) is 84.9 Å². The molecule has 0 amide bonds. The van der Waals surface area contributed by atoms with Crippen LogP contribution in [-0.2, 0) is 4.12 Å². The molecule has 0 spiro atoms. The fraction of sp³-hybridized carbons (Fsp3) is 0. The van der Waals surface area contributed by atoms with E-state index in [-0.39, 0.29) is 0 Å². The molecule has 1 atom stereocenters. The minimum Gasteiger partial charge on any atom is -0.459 e. The molecule has 3 heteroatoms. The van der Waals surface area contributed by atoms with Crippen LogP contribution in [0.15, 0.2) is 84.9 Å². The second-order valence-electron chi connectivity index (χ2n) is 5.76. The molecule has 0 fully saturated rings. The van der Waals surface area contributed by atoms with Crippen LogP contribution in [0.5, 0.6) is 0 Å². The normalized spacial score (nSPS) is 12.7. The molecular weight excluding hydrogens is 312 g/mol. The van der Waals surface area contributed by atoms with Crippen LogP contribution in [0.1, 0.15) is 0 Å². The maximum Gasteiger partial charge on any atom is 0.228 e. The third-order valence-corrected chi connectivity index (χ3v) is 8.39. The molecule has 0 saturated heterocycles. The predicted molar refractivity (Wildman–Crippen MR) is 105 cm³/mol. The van der Waals surface area contributed by atoms with E-state index < -0.39 is 9.04 Å². The molecule has 0 saturated carbocycles. The molecule has 0 aliphatic rings. The van der Waals surface area contributed by atoms with Gasteiger partial charge in [0, 0.05) is 0 Å². The Morgan fingerprint density at radius 2 is 1.35 bits per heavy atom. The molecule has 0 aromatic heterocycles. The summed E-state index contributed by atoms with van der Waals surface area (Å²) in [5, 5.41) is 8.01. The van der Waals surface area contributed by atoms with Crippen LogP contribution in [0.25, 0.3) is 21.5 Å². The van der Waals surface area contributed by atoms with E-state index in [9.17, 15) is 0 Å². The van der Waals surface area contributed by atoms with Crippen molar-refractivity contribution in [2.75, 3.05) is 0 Å². The van der Waals surface area contributed by atoms with E-state index >= 15 is 0 Å². The zero-order chi connectivity index (χ0) is 15.6. The van der Waals surface area contributed by atoms with Gasteiger partial charge >= 0.3 is 0 Å². The van der Waals surface area contributed by atoms with Gasteiger partial charge in [-0.25, -0.2) is 0 Å². The summed E-state index contributed by atoms with van der Waals surface area (Å²) in [6.45, 7) is 0. The first-order chi connectivity index (χ1) is 11.4. The van der Waals surface area contributed by atoms with Crippen molar-refractivity contribution in [3.8, 4) is 0 Å². The maximum absolute atomic E-state index is 6.12. The van der Waals surface area contributed by atoms with Crippen LogP contribution in [0.2, 0.25) is 0 Å². The van der Waals surface area contributed by atoms with Gasteiger partial charge in [0.25, 0.3) is 0 Å². The maximum atomic E-state index is 6.12. The summed E-state index contributed by atoms with van der Waals surface area (Å²) in [6.07, 6.45) is 0. The van der Waals surface area contributed by atoms with Gasteiger partial charge in [0.2, 0.25) is 9.04 Å². The Morgan fingerprint density at radius 1 is 0.609 bits per heavy atom. The molecule has 1 nitrogen and oxygen atoms in total. The van der Waals surface area contributed by atoms with Gasteiger partial charge in [-0.1, -0.05) is 84.9 Å². The lowest BCUT2D eigenvalue weighted by molar-refractivity contribution is 0.661. The highest BCUT2D eigenvalue weighted by atomic mass is 28.3. The van der Waals surface area contributed by atoms with E-state index in [0.29, 0.717) is 0 Å². The molecule has 0 bridgehead atoms. The number of hydrogen-bond donors (Lipinski definition) is 0. The lowest BCUT2D eigenvalue weighted by Crippen LogP contribution is -2.44. The van der Waals surface area contributed by atoms with Crippen LogP contribution in [-0.4, -0.2) is 19.5 Å². The molecule has 0 aliphatic carbocycles. The molecule has 112 valence electrons. The van der Waals surface area contributed by atoms with Gasteiger partial charge in [0.1, 0.15) is 10.5 Å². The average molecular weight is 331 g/mol. The van der Waals surface area contributed by atoms with Crippen LogP contribution >= 0.6 is 0 Å². The second-order valence-corrected chi connectivity index (χ2v) is 9.69. The zero-order valence-electron chi connectivity index (χ0n) is 13.1. The Morgan fingerprint density at radius 3 is 2.17 bits per heavy atom. The van der Waals surface area contributed by atoms with Crippen LogP contribution in [0.4, 0.5) is 0 Å². The van der Waals surface area contributed by atoms with Crippen molar-refractivity contribution in [3.63, 3.8) is 0 Å². The first-order valence-corrected chi connectivity index (χ1v) is 10.3. The summed E-state index contributed by atoms with van der Waals surface area (Å²) < 4.78 is 6.12. The minimum atomic E-state index is -1.60. The van der Waals surface area contributed by atoms with Gasteiger partial charge in [-0.15, -0.1) is 0 Å². The van der Waals surface area contributed by atoms with Crippen molar-refractivity contribution >= 4 is 51.4 Å². The molecular formula is C20H18OSi2. The van der Waals surface area contributed by atoms with Crippen molar-refractivity contribution in [2.24, 2.45) is 0 Å². The van der Waals surface area contributed by atoms with Gasteiger partial charge in [0.15, 0.2) is 0 Å². The molecule has 4 aromatic carbocycles. The lowest BCUT2D eigenvalue weighted by Gasteiger charge is -2.18. The molecule has 4 aromatic rings. The standard InChI is InChI=1S/C20H18OSi2/c22-21-23(16-8-2-1-3-9-16)20-12-6-11-18-17-10-5-4-7-15(17)13-14-19(18)20/h1-14,23H,22H3. The Bertz CT molecular complexity index is 967. The third-order valence-electron chi connectivity index (χ3n) is 4.44. The Hall–Kier alpha value is -2.21. The smallest absolute Gasteiger partial charge is 0.228 e. The van der Waals surface area contributed by atoms with Crippen LogP contribution in [0.3, 0.4) is 0 Å². The highest BCUT2D eigenvalue weighted by Crippen LogP contribution is 2.24. The molecule has 0 aliphatic heterocycles. The number of rotatable bonds is 3. The summed E-state index contributed by atoms with van der Waals surface area (Å²) in [5.74, 6) is 0. The van der Waals surface area contributed by atoms with E-state index in [2.05, 4.69) is 84.9 Å². The Labute approximate surface area is 140 Å². The molecule has 4 rings (SSSR count). The monoisotopic (exact) mass is 330 g/mol.